The number of hydrogen-bond donors (Lipinski definition) is 1. The molecule has 0 aliphatic rings. The summed E-state index contributed by atoms with van der Waals surface area (Å²) in [5.41, 5.74) is 2.45. The third-order valence-electron chi connectivity index (χ3n) is 2.17. The van der Waals surface area contributed by atoms with E-state index in [0.717, 1.165) is 0 Å². The van der Waals surface area contributed by atoms with Crippen molar-refractivity contribution in [1.29, 1.82) is 0 Å². The Morgan fingerprint density at radius 1 is 1.25 bits per heavy atom. The first-order valence-corrected chi connectivity index (χ1v) is 4.05. The van der Waals surface area contributed by atoms with Crippen molar-refractivity contribution in [2.45, 2.75) is 0 Å². The number of aryl methyl sites for hydroxylation is 1. The lowest BCUT2D eigenvalue weighted by atomic mass is 10.2. The largest absolute Gasteiger partial charge is 0.386 e. The molecule has 0 bridgehead atoms. The lowest BCUT2D eigenvalue weighted by molar-refractivity contribution is 0.969. The molecule has 1 N–H and O–H groups in total. The first kappa shape index (κ1) is 7.22. The molecule has 0 saturated heterocycles. The number of rotatable bonds is 1. The van der Waals surface area contributed by atoms with Gasteiger partial charge in [-0.3, -0.25) is 0 Å². The van der Waals surface area contributed by atoms with Crippen LogP contribution in [0.3, 0.4) is 0 Å². The minimum atomic E-state index is 1.19. The molecule has 0 aliphatic carbocycles. The second kappa shape index (κ2) is 2.55. The standard InChI is InChI=1S/C10H12N2/c1-11-9-7-12(2)10-6-4-3-5-8(9)10/h3-7,11H,1-2H3. The minimum absolute atomic E-state index is 1.19. The summed E-state index contributed by atoms with van der Waals surface area (Å²) in [6.45, 7) is 0. The van der Waals surface area contributed by atoms with E-state index in [4.69, 9.17) is 0 Å². The number of nitrogens with zero attached hydrogens (tertiary/aromatic N) is 1. The minimum Gasteiger partial charge on any atom is -0.386 e. The summed E-state index contributed by atoms with van der Waals surface area (Å²) in [5.74, 6) is 0. The van der Waals surface area contributed by atoms with Crippen molar-refractivity contribution < 1.29 is 0 Å². The van der Waals surface area contributed by atoms with Gasteiger partial charge in [-0.15, -0.1) is 0 Å². The van der Waals surface area contributed by atoms with Crippen molar-refractivity contribution >= 4 is 16.6 Å². The maximum Gasteiger partial charge on any atom is 0.0597 e. The molecule has 0 fully saturated rings. The van der Waals surface area contributed by atoms with Gasteiger partial charge in [-0.05, 0) is 6.07 Å². The summed E-state index contributed by atoms with van der Waals surface area (Å²) < 4.78 is 2.13. The molecule has 2 aromatic rings. The van der Waals surface area contributed by atoms with Crippen LogP contribution < -0.4 is 5.32 Å². The maximum atomic E-state index is 3.17. The van der Waals surface area contributed by atoms with Crippen LogP contribution in [0.15, 0.2) is 30.5 Å². The van der Waals surface area contributed by atoms with Crippen molar-refractivity contribution in [2.75, 3.05) is 12.4 Å². The Kier molecular flexibility index (Phi) is 1.54. The highest BCUT2D eigenvalue weighted by Crippen LogP contribution is 2.23. The summed E-state index contributed by atoms with van der Waals surface area (Å²) >= 11 is 0. The molecule has 1 aromatic carbocycles. The molecule has 2 heteroatoms. The van der Waals surface area contributed by atoms with E-state index in [0.29, 0.717) is 0 Å². The smallest absolute Gasteiger partial charge is 0.0597 e. The number of para-hydroxylation sites is 1. The van der Waals surface area contributed by atoms with E-state index >= 15 is 0 Å². The molecule has 2 rings (SSSR count). The Hall–Kier alpha value is -1.44. The summed E-state index contributed by atoms with van der Waals surface area (Å²) in [6.07, 6.45) is 2.10. The second-order valence-electron chi connectivity index (χ2n) is 2.92. The molecule has 0 aliphatic heterocycles. The first-order valence-electron chi connectivity index (χ1n) is 4.05. The molecule has 0 saturated carbocycles. The van der Waals surface area contributed by atoms with E-state index in [1.165, 1.54) is 16.6 Å². The summed E-state index contributed by atoms with van der Waals surface area (Å²) in [7, 11) is 4.00. The van der Waals surface area contributed by atoms with Gasteiger partial charge in [0, 0.05) is 31.2 Å². The fraction of sp³-hybridized carbons (Fsp3) is 0.200. The van der Waals surface area contributed by atoms with Crippen LogP contribution in [0.4, 0.5) is 5.69 Å². The molecule has 0 atom stereocenters. The molecule has 0 unspecified atom stereocenters. The van der Waals surface area contributed by atoms with Gasteiger partial charge in [0.05, 0.1) is 5.69 Å². The highest BCUT2D eigenvalue weighted by atomic mass is 15.0. The quantitative estimate of drug-likeness (QED) is 0.676. The van der Waals surface area contributed by atoms with Crippen LogP contribution in [-0.4, -0.2) is 11.6 Å². The average molecular weight is 160 g/mol. The third-order valence-corrected chi connectivity index (χ3v) is 2.17. The van der Waals surface area contributed by atoms with Crippen LogP contribution >= 0.6 is 0 Å². The highest BCUT2D eigenvalue weighted by Gasteiger charge is 2.01. The lowest BCUT2D eigenvalue weighted by Gasteiger charge is -1.94. The van der Waals surface area contributed by atoms with Gasteiger partial charge in [0.15, 0.2) is 0 Å². The van der Waals surface area contributed by atoms with Crippen LogP contribution in [0.25, 0.3) is 10.9 Å². The zero-order valence-corrected chi connectivity index (χ0v) is 7.33. The highest BCUT2D eigenvalue weighted by molar-refractivity contribution is 5.92. The number of hydrogen-bond acceptors (Lipinski definition) is 1. The molecule has 0 spiro atoms. The predicted molar refractivity (Wildman–Crippen MR) is 52.5 cm³/mol. The van der Waals surface area contributed by atoms with Gasteiger partial charge in [0.25, 0.3) is 0 Å². The van der Waals surface area contributed by atoms with Crippen LogP contribution in [0.2, 0.25) is 0 Å². The van der Waals surface area contributed by atoms with E-state index in [9.17, 15) is 0 Å². The molecule has 0 radical (unpaired) electrons. The Bertz CT molecular complexity index is 401. The Morgan fingerprint density at radius 2 is 2.00 bits per heavy atom. The van der Waals surface area contributed by atoms with Crippen LogP contribution in [-0.2, 0) is 7.05 Å². The normalized spacial score (nSPS) is 10.5. The van der Waals surface area contributed by atoms with Crippen molar-refractivity contribution in [3.63, 3.8) is 0 Å². The van der Waals surface area contributed by atoms with Crippen molar-refractivity contribution in [3.8, 4) is 0 Å². The fourth-order valence-electron chi connectivity index (χ4n) is 1.54. The SMILES string of the molecule is CNc1cn(C)c2ccccc12. The Labute approximate surface area is 71.8 Å². The molecule has 0 amide bonds. The topological polar surface area (TPSA) is 17.0 Å². The molecule has 1 heterocycles. The van der Waals surface area contributed by atoms with Crippen LogP contribution in [0.5, 0.6) is 0 Å². The van der Waals surface area contributed by atoms with E-state index in [1.54, 1.807) is 0 Å². The summed E-state index contributed by atoms with van der Waals surface area (Å²) in [6, 6.07) is 8.36. The molecule has 62 valence electrons. The third kappa shape index (κ3) is 0.881. The lowest BCUT2D eigenvalue weighted by Crippen LogP contribution is -1.84. The monoisotopic (exact) mass is 160 g/mol. The van der Waals surface area contributed by atoms with E-state index in [1.807, 2.05) is 7.05 Å². The van der Waals surface area contributed by atoms with Crippen molar-refractivity contribution in [1.82, 2.24) is 4.57 Å². The molecule has 2 nitrogen and oxygen atoms in total. The van der Waals surface area contributed by atoms with Crippen LogP contribution in [0.1, 0.15) is 0 Å². The van der Waals surface area contributed by atoms with E-state index in [-0.39, 0.29) is 0 Å². The predicted octanol–water partition coefficient (Wildman–Crippen LogP) is 2.22. The van der Waals surface area contributed by atoms with E-state index < -0.39 is 0 Å². The van der Waals surface area contributed by atoms with Gasteiger partial charge >= 0.3 is 0 Å². The van der Waals surface area contributed by atoms with Crippen LogP contribution in [0, 0.1) is 0 Å². The zero-order chi connectivity index (χ0) is 8.55. The van der Waals surface area contributed by atoms with Gasteiger partial charge in [-0.25, -0.2) is 0 Å². The Morgan fingerprint density at radius 3 is 2.75 bits per heavy atom. The number of anilines is 1. The molecular formula is C10H12N2. The second-order valence-corrected chi connectivity index (χ2v) is 2.92. The fourth-order valence-corrected chi connectivity index (χ4v) is 1.54. The average Bonchev–Trinajstić information content (AvgIpc) is 2.44. The van der Waals surface area contributed by atoms with Gasteiger partial charge in [-0.1, -0.05) is 18.2 Å². The number of nitrogens with one attached hydrogen (secondary N) is 1. The molecule has 1 aromatic heterocycles. The van der Waals surface area contributed by atoms with Gasteiger partial charge in [0.1, 0.15) is 0 Å². The summed E-state index contributed by atoms with van der Waals surface area (Å²) in [4.78, 5) is 0. The molecular weight excluding hydrogens is 148 g/mol. The number of fused-ring (bicyclic) bond motifs is 1. The van der Waals surface area contributed by atoms with Crippen molar-refractivity contribution in [2.24, 2.45) is 7.05 Å². The zero-order valence-electron chi connectivity index (χ0n) is 7.33. The van der Waals surface area contributed by atoms with Gasteiger partial charge < -0.3 is 9.88 Å². The molecule has 12 heavy (non-hydrogen) atoms. The van der Waals surface area contributed by atoms with Gasteiger partial charge in [-0.2, -0.15) is 0 Å². The maximum absolute atomic E-state index is 3.17. The first-order chi connectivity index (χ1) is 5.83. The van der Waals surface area contributed by atoms with Gasteiger partial charge in [0.2, 0.25) is 0 Å². The van der Waals surface area contributed by atoms with E-state index in [2.05, 4.69) is 47.4 Å². The Balaban J connectivity index is 2.82. The van der Waals surface area contributed by atoms with Crippen molar-refractivity contribution in [3.05, 3.63) is 30.5 Å². The number of aromatic nitrogens is 1. The summed E-state index contributed by atoms with van der Waals surface area (Å²) in [5, 5.41) is 4.45. The number of benzene rings is 1.